The second kappa shape index (κ2) is 4.24. The number of hydrogen-bond donors (Lipinski definition) is 0. The molecule has 0 saturated carbocycles. The molecule has 1 rings (SSSR count). The van der Waals surface area contributed by atoms with Crippen LogP contribution >= 0.6 is 0 Å². The smallest absolute Gasteiger partial charge is 0.0347 e. The highest BCUT2D eigenvalue weighted by Gasteiger charge is 2.30. The number of rotatable bonds is 4. The minimum absolute atomic E-state index is 0.733. The number of likely N-dealkylation sites (N-methyl/N-ethyl adjacent to an activating group) is 1. The zero-order chi connectivity index (χ0) is 9.14. The van der Waals surface area contributed by atoms with E-state index in [2.05, 4.69) is 37.6 Å². The van der Waals surface area contributed by atoms with Gasteiger partial charge >= 0.3 is 0 Å². The van der Waals surface area contributed by atoms with Gasteiger partial charge < -0.3 is 4.90 Å². The molecule has 1 heterocycles. The summed E-state index contributed by atoms with van der Waals surface area (Å²) in [6, 6.07) is 1.56. The number of hydrogen-bond acceptors (Lipinski definition) is 2. The van der Waals surface area contributed by atoms with Crippen LogP contribution in [0, 0.1) is 0 Å². The van der Waals surface area contributed by atoms with Crippen LogP contribution in [0.5, 0.6) is 0 Å². The first-order valence-electron chi connectivity index (χ1n) is 5.09. The van der Waals surface area contributed by atoms with Gasteiger partial charge in [0, 0.05) is 25.2 Å². The molecule has 0 radical (unpaired) electrons. The number of nitrogens with zero attached hydrogens (tertiary/aromatic N) is 2. The molecule has 1 saturated heterocycles. The first-order chi connectivity index (χ1) is 5.65. The highest BCUT2D eigenvalue weighted by Crippen LogP contribution is 2.16. The van der Waals surface area contributed by atoms with Crippen LogP contribution in [0.25, 0.3) is 0 Å². The quantitative estimate of drug-likeness (QED) is 0.629. The highest BCUT2D eigenvalue weighted by molar-refractivity contribution is 4.88. The zero-order valence-electron chi connectivity index (χ0n) is 8.88. The second-order valence-electron chi connectivity index (χ2n) is 4.18. The van der Waals surface area contributed by atoms with Gasteiger partial charge in [0.05, 0.1) is 0 Å². The predicted molar refractivity (Wildman–Crippen MR) is 53.4 cm³/mol. The fraction of sp³-hybridized carbons (Fsp3) is 1.00. The summed E-state index contributed by atoms with van der Waals surface area (Å²) in [5, 5.41) is 0. The van der Waals surface area contributed by atoms with Crippen LogP contribution in [0.3, 0.4) is 0 Å². The lowest BCUT2D eigenvalue weighted by atomic mass is 10.1. The monoisotopic (exact) mass is 170 g/mol. The second-order valence-corrected chi connectivity index (χ2v) is 4.18. The molecule has 0 amide bonds. The van der Waals surface area contributed by atoms with E-state index in [1.165, 1.54) is 26.1 Å². The molecule has 1 aliphatic heterocycles. The Hall–Kier alpha value is -0.0800. The van der Waals surface area contributed by atoms with Gasteiger partial charge in [-0.3, -0.25) is 4.90 Å². The van der Waals surface area contributed by atoms with E-state index in [0.29, 0.717) is 0 Å². The lowest BCUT2D eigenvalue weighted by molar-refractivity contribution is 0.0272. The van der Waals surface area contributed by atoms with Gasteiger partial charge in [0.25, 0.3) is 0 Å². The Labute approximate surface area is 76.5 Å². The zero-order valence-corrected chi connectivity index (χ0v) is 8.88. The van der Waals surface area contributed by atoms with Gasteiger partial charge in [-0.2, -0.15) is 0 Å². The minimum atomic E-state index is 0.733. The van der Waals surface area contributed by atoms with Gasteiger partial charge in [0.1, 0.15) is 0 Å². The maximum atomic E-state index is 2.52. The van der Waals surface area contributed by atoms with E-state index in [-0.39, 0.29) is 0 Å². The maximum absolute atomic E-state index is 2.52. The summed E-state index contributed by atoms with van der Waals surface area (Å²) in [6.45, 7) is 10.6. The average molecular weight is 170 g/mol. The Morgan fingerprint density at radius 1 is 1.42 bits per heavy atom. The summed E-state index contributed by atoms with van der Waals surface area (Å²) in [4.78, 5) is 5.01. The molecule has 0 aromatic heterocycles. The minimum Gasteiger partial charge on any atom is -0.301 e. The van der Waals surface area contributed by atoms with Crippen molar-refractivity contribution in [2.24, 2.45) is 0 Å². The average Bonchev–Trinajstić information content (AvgIpc) is 1.82. The van der Waals surface area contributed by atoms with Crippen molar-refractivity contribution in [2.45, 2.75) is 39.3 Å². The Morgan fingerprint density at radius 2 is 2.00 bits per heavy atom. The predicted octanol–water partition coefficient (Wildman–Crippen LogP) is 1.42. The van der Waals surface area contributed by atoms with Crippen molar-refractivity contribution in [1.29, 1.82) is 0 Å². The first kappa shape index (κ1) is 10.0. The van der Waals surface area contributed by atoms with Gasteiger partial charge in [-0.25, -0.2) is 0 Å². The summed E-state index contributed by atoms with van der Waals surface area (Å²) >= 11 is 0. The Balaban J connectivity index is 2.16. The van der Waals surface area contributed by atoms with Crippen molar-refractivity contribution in [2.75, 3.05) is 26.7 Å². The molecular weight excluding hydrogens is 148 g/mol. The maximum Gasteiger partial charge on any atom is 0.0347 e. The van der Waals surface area contributed by atoms with Crippen molar-refractivity contribution in [3.8, 4) is 0 Å². The van der Waals surface area contributed by atoms with Crippen molar-refractivity contribution in [3.05, 3.63) is 0 Å². The first-order valence-corrected chi connectivity index (χ1v) is 5.09. The topological polar surface area (TPSA) is 6.48 Å². The Kier molecular flexibility index (Phi) is 3.53. The third kappa shape index (κ3) is 2.20. The van der Waals surface area contributed by atoms with Gasteiger partial charge in [0.2, 0.25) is 0 Å². The molecule has 1 aliphatic rings. The molecule has 0 spiro atoms. The van der Waals surface area contributed by atoms with E-state index in [9.17, 15) is 0 Å². The van der Waals surface area contributed by atoms with Crippen molar-refractivity contribution in [3.63, 3.8) is 0 Å². The van der Waals surface area contributed by atoms with Gasteiger partial charge in [0.15, 0.2) is 0 Å². The van der Waals surface area contributed by atoms with Crippen LogP contribution in [0.2, 0.25) is 0 Å². The molecule has 2 nitrogen and oxygen atoms in total. The molecule has 1 fully saturated rings. The fourth-order valence-electron chi connectivity index (χ4n) is 1.72. The molecule has 0 aromatic rings. The number of likely N-dealkylation sites (tertiary alicyclic amines) is 1. The van der Waals surface area contributed by atoms with Gasteiger partial charge in [-0.1, -0.05) is 6.92 Å². The van der Waals surface area contributed by atoms with E-state index in [0.717, 1.165) is 12.1 Å². The van der Waals surface area contributed by atoms with E-state index in [1.54, 1.807) is 0 Å². The SMILES string of the molecule is CCCN(C)C1CN(C(C)C)C1. The van der Waals surface area contributed by atoms with E-state index < -0.39 is 0 Å². The lowest BCUT2D eigenvalue weighted by Crippen LogP contribution is -2.60. The van der Waals surface area contributed by atoms with E-state index >= 15 is 0 Å². The molecule has 2 heteroatoms. The summed E-state index contributed by atoms with van der Waals surface area (Å²) < 4.78 is 0. The summed E-state index contributed by atoms with van der Waals surface area (Å²) in [6.07, 6.45) is 1.27. The molecule has 0 N–H and O–H groups in total. The molecule has 0 bridgehead atoms. The van der Waals surface area contributed by atoms with Crippen molar-refractivity contribution >= 4 is 0 Å². The van der Waals surface area contributed by atoms with Gasteiger partial charge in [-0.05, 0) is 33.9 Å². The molecular formula is C10H22N2. The lowest BCUT2D eigenvalue weighted by Gasteiger charge is -2.46. The van der Waals surface area contributed by atoms with Gasteiger partial charge in [-0.15, -0.1) is 0 Å². The summed E-state index contributed by atoms with van der Waals surface area (Å²) in [7, 11) is 2.24. The standard InChI is InChI=1S/C10H22N2/c1-5-6-11(4)10-7-12(8-10)9(2)3/h9-10H,5-8H2,1-4H3. The van der Waals surface area contributed by atoms with Crippen LogP contribution < -0.4 is 0 Å². The van der Waals surface area contributed by atoms with Crippen LogP contribution in [0.4, 0.5) is 0 Å². The van der Waals surface area contributed by atoms with Crippen molar-refractivity contribution in [1.82, 2.24) is 9.80 Å². The third-order valence-corrected chi connectivity index (χ3v) is 2.82. The molecule has 72 valence electrons. The fourth-order valence-corrected chi connectivity index (χ4v) is 1.72. The van der Waals surface area contributed by atoms with Crippen LogP contribution in [0.1, 0.15) is 27.2 Å². The molecule has 0 unspecified atom stereocenters. The molecule has 0 aliphatic carbocycles. The van der Waals surface area contributed by atoms with E-state index in [4.69, 9.17) is 0 Å². The molecule has 12 heavy (non-hydrogen) atoms. The molecule has 0 aromatic carbocycles. The van der Waals surface area contributed by atoms with Crippen molar-refractivity contribution < 1.29 is 0 Å². The van der Waals surface area contributed by atoms with Crippen LogP contribution in [-0.4, -0.2) is 48.6 Å². The Morgan fingerprint density at radius 3 is 2.42 bits per heavy atom. The largest absolute Gasteiger partial charge is 0.301 e. The van der Waals surface area contributed by atoms with E-state index in [1.807, 2.05) is 0 Å². The normalized spacial score (nSPS) is 20.5. The summed E-state index contributed by atoms with van der Waals surface area (Å²) in [5.41, 5.74) is 0. The van der Waals surface area contributed by atoms with Crippen LogP contribution in [0.15, 0.2) is 0 Å². The molecule has 0 atom stereocenters. The summed E-state index contributed by atoms with van der Waals surface area (Å²) in [5.74, 6) is 0. The van der Waals surface area contributed by atoms with Crippen LogP contribution in [-0.2, 0) is 0 Å². The highest BCUT2D eigenvalue weighted by atomic mass is 15.3. The Bertz CT molecular complexity index is 128. The third-order valence-electron chi connectivity index (χ3n) is 2.82.